The summed E-state index contributed by atoms with van der Waals surface area (Å²) in [4.78, 5) is 16.9. The van der Waals surface area contributed by atoms with Crippen LogP contribution < -0.4 is 0 Å². The molecule has 0 saturated heterocycles. The second-order valence-electron chi connectivity index (χ2n) is 4.38. The highest BCUT2D eigenvalue weighted by atomic mass is 79.9. The third-order valence-electron chi connectivity index (χ3n) is 2.80. The minimum Gasteiger partial charge on any atom is -0.478 e. The average Bonchev–Trinajstić information content (AvgIpc) is 2.37. The number of carboxylic acids is 1. The zero-order valence-corrected chi connectivity index (χ0v) is 13.7. The third-order valence-corrected chi connectivity index (χ3v) is 4.39. The monoisotopic (exact) mass is 362 g/mol. The largest absolute Gasteiger partial charge is 0.478 e. The van der Waals surface area contributed by atoms with Crippen LogP contribution in [0, 0.1) is 25.2 Å². The molecule has 0 atom stereocenters. The van der Waals surface area contributed by atoms with E-state index < -0.39 is 5.97 Å². The standard InChI is InChI=1S/C15H11BrN2O2S/c1-8-5-13(12(7-17)9(2)18-8)21-14-6-10(16)3-4-11(14)15(19)20/h3-6H,1-2H3,(H,19,20). The molecule has 0 unspecified atom stereocenters. The summed E-state index contributed by atoms with van der Waals surface area (Å²) in [5, 5.41) is 18.5. The number of aryl methyl sites for hydroxylation is 2. The Balaban J connectivity index is 2.55. The number of nitrogens with zero attached hydrogens (tertiary/aromatic N) is 2. The summed E-state index contributed by atoms with van der Waals surface area (Å²) in [5.41, 5.74) is 2.12. The minimum absolute atomic E-state index is 0.208. The molecular formula is C15H11BrN2O2S. The van der Waals surface area contributed by atoms with Crippen molar-refractivity contribution in [2.75, 3.05) is 0 Å². The highest BCUT2D eigenvalue weighted by Crippen LogP contribution is 2.35. The smallest absolute Gasteiger partial charge is 0.336 e. The molecule has 0 amide bonds. The number of carboxylic acid groups (broad SMARTS) is 1. The van der Waals surface area contributed by atoms with Crippen molar-refractivity contribution < 1.29 is 9.90 Å². The van der Waals surface area contributed by atoms with Crippen LogP contribution in [-0.4, -0.2) is 16.1 Å². The van der Waals surface area contributed by atoms with Gasteiger partial charge in [0.2, 0.25) is 0 Å². The average molecular weight is 363 g/mol. The van der Waals surface area contributed by atoms with Crippen LogP contribution in [0.1, 0.15) is 27.3 Å². The number of hydrogen-bond acceptors (Lipinski definition) is 4. The summed E-state index contributed by atoms with van der Waals surface area (Å²) in [5.74, 6) is -0.994. The van der Waals surface area contributed by atoms with Crippen molar-refractivity contribution in [1.29, 1.82) is 5.26 Å². The van der Waals surface area contributed by atoms with E-state index >= 15 is 0 Å². The number of carbonyl (C=O) groups is 1. The number of rotatable bonds is 3. The van der Waals surface area contributed by atoms with Crippen LogP contribution in [0.25, 0.3) is 0 Å². The summed E-state index contributed by atoms with van der Waals surface area (Å²) in [6.45, 7) is 3.62. The third kappa shape index (κ3) is 3.43. The van der Waals surface area contributed by atoms with Gasteiger partial charge in [-0.2, -0.15) is 5.26 Å². The summed E-state index contributed by atoms with van der Waals surface area (Å²) >= 11 is 4.60. The molecular weight excluding hydrogens is 352 g/mol. The maximum absolute atomic E-state index is 11.3. The first-order valence-electron chi connectivity index (χ1n) is 6.01. The molecule has 1 N–H and O–H groups in total. The van der Waals surface area contributed by atoms with Crippen LogP contribution in [0.2, 0.25) is 0 Å². The molecule has 0 spiro atoms. The Morgan fingerprint density at radius 3 is 2.67 bits per heavy atom. The number of aromatic carboxylic acids is 1. The molecule has 1 aromatic heterocycles. The lowest BCUT2D eigenvalue weighted by Gasteiger charge is -2.10. The molecule has 21 heavy (non-hydrogen) atoms. The van der Waals surface area contributed by atoms with E-state index in [1.165, 1.54) is 11.8 Å². The van der Waals surface area contributed by atoms with E-state index in [2.05, 4.69) is 27.0 Å². The van der Waals surface area contributed by atoms with Gasteiger partial charge in [-0.1, -0.05) is 27.7 Å². The first-order chi connectivity index (χ1) is 9.92. The van der Waals surface area contributed by atoms with Gasteiger partial charge in [-0.05, 0) is 38.1 Å². The Morgan fingerprint density at radius 1 is 1.33 bits per heavy atom. The minimum atomic E-state index is -0.994. The zero-order valence-electron chi connectivity index (χ0n) is 11.3. The fourth-order valence-corrected chi connectivity index (χ4v) is 3.61. The predicted octanol–water partition coefficient (Wildman–Crippen LogP) is 4.18. The second-order valence-corrected chi connectivity index (χ2v) is 6.38. The van der Waals surface area contributed by atoms with Gasteiger partial charge in [0, 0.05) is 20.0 Å². The number of halogens is 1. The lowest BCUT2D eigenvalue weighted by Crippen LogP contribution is -1.99. The topological polar surface area (TPSA) is 74.0 Å². The van der Waals surface area contributed by atoms with E-state index in [-0.39, 0.29) is 5.56 Å². The number of aromatic nitrogens is 1. The first kappa shape index (κ1) is 15.5. The van der Waals surface area contributed by atoms with E-state index in [1.807, 2.05) is 6.92 Å². The highest BCUT2D eigenvalue weighted by Gasteiger charge is 2.15. The van der Waals surface area contributed by atoms with Gasteiger partial charge in [0.15, 0.2) is 0 Å². The second kappa shape index (κ2) is 6.29. The Hall–Kier alpha value is -1.84. The van der Waals surface area contributed by atoms with Crippen LogP contribution in [0.3, 0.4) is 0 Å². The van der Waals surface area contributed by atoms with Crippen LogP contribution >= 0.6 is 27.7 Å². The molecule has 2 aromatic rings. The van der Waals surface area contributed by atoms with Crippen molar-refractivity contribution in [2.24, 2.45) is 0 Å². The van der Waals surface area contributed by atoms with Gasteiger partial charge in [-0.25, -0.2) is 4.79 Å². The Kier molecular flexibility index (Phi) is 4.66. The van der Waals surface area contributed by atoms with E-state index in [4.69, 9.17) is 0 Å². The number of hydrogen-bond donors (Lipinski definition) is 1. The number of pyridine rings is 1. The molecule has 0 saturated carbocycles. The lowest BCUT2D eigenvalue weighted by atomic mass is 10.2. The maximum atomic E-state index is 11.3. The molecule has 0 fully saturated rings. The molecule has 4 nitrogen and oxygen atoms in total. The fraction of sp³-hybridized carbons (Fsp3) is 0.133. The quantitative estimate of drug-likeness (QED) is 0.886. The van der Waals surface area contributed by atoms with Crippen LogP contribution in [0.15, 0.2) is 38.5 Å². The molecule has 0 aliphatic rings. The molecule has 0 radical (unpaired) electrons. The van der Waals surface area contributed by atoms with Crippen molar-refractivity contribution in [3.63, 3.8) is 0 Å². The van der Waals surface area contributed by atoms with Crippen molar-refractivity contribution in [1.82, 2.24) is 4.98 Å². The van der Waals surface area contributed by atoms with E-state index in [9.17, 15) is 15.2 Å². The molecule has 1 heterocycles. The summed E-state index contributed by atoms with van der Waals surface area (Å²) in [7, 11) is 0. The summed E-state index contributed by atoms with van der Waals surface area (Å²) in [6.07, 6.45) is 0. The normalized spacial score (nSPS) is 10.2. The molecule has 2 rings (SSSR count). The van der Waals surface area contributed by atoms with Crippen molar-refractivity contribution >= 4 is 33.7 Å². The molecule has 106 valence electrons. The summed E-state index contributed by atoms with van der Waals surface area (Å²) < 4.78 is 0.788. The fourth-order valence-electron chi connectivity index (χ4n) is 1.89. The molecule has 0 aliphatic heterocycles. The van der Waals surface area contributed by atoms with Gasteiger partial charge in [-0.15, -0.1) is 0 Å². The molecule has 0 aliphatic carbocycles. The van der Waals surface area contributed by atoms with E-state index in [1.54, 1.807) is 31.2 Å². The molecule has 1 aromatic carbocycles. The van der Waals surface area contributed by atoms with Crippen LogP contribution in [0.5, 0.6) is 0 Å². The number of benzene rings is 1. The lowest BCUT2D eigenvalue weighted by molar-refractivity contribution is 0.0693. The summed E-state index contributed by atoms with van der Waals surface area (Å²) in [6, 6.07) is 8.89. The van der Waals surface area contributed by atoms with Crippen LogP contribution in [0.4, 0.5) is 0 Å². The van der Waals surface area contributed by atoms with Gasteiger partial charge >= 0.3 is 5.97 Å². The predicted molar refractivity (Wildman–Crippen MR) is 83.7 cm³/mol. The highest BCUT2D eigenvalue weighted by molar-refractivity contribution is 9.10. The Bertz CT molecular complexity index is 769. The molecule has 6 heteroatoms. The zero-order chi connectivity index (χ0) is 15.6. The van der Waals surface area contributed by atoms with Crippen LogP contribution in [-0.2, 0) is 0 Å². The Morgan fingerprint density at radius 2 is 2.05 bits per heavy atom. The van der Waals surface area contributed by atoms with Crippen molar-refractivity contribution in [3.8, 4) is 6.07 Å². The Labute approximate surface area is 135 Å². The van der Waals surface area contributed by atoms with Gasteiger partial charge in [0.05, 0.1) is 16.8 Å². The first-order valence-corrected chi connectivity index (χ1v) is 7.62. The van der Waals surface area contributed by atoms with Gasteiger partial charge in [-0.3, -0.25) is 4.98 Å². The number of nitriles is 1. The van der Waals surface area contributed by atoms with E-state index in [0.29, 0.717) is 21.0 Å². The molecule has 0 bridgehead atoms. The maximum Gasteiger partial charge on any atom is 0.336 e. The van der Waals surface area contributed by atoms with E-state index in [0.717, 1.165) is 10.2 Å². The SMILES string of the molecule is Cc1cc(Sc2cc(Br)ccc2C(=O)O)c(C#N)c(C)n1. The van der Waals surface area contributed by atoms with Crippen molar-refractivity contribution in [3.05, 3.63) is 51.3 Å². The van der Waals surface area contributed by atoms with Crippen molar-refractivity contribution in [2.45, 2.75) is 23.6 Å². The van der Waals surface area contributed by atoms with Gasteiger partial charge < -0.3 is 5.11 Å². The van der Waals surface area contributed by atoms with Gasteiger partial charge in [0.25, 0.3) is 0 Å². The van der Waals surface area contributed by atoms with Gasteiger partial charge in [0.1, 0.15) is 6.07 Å².